The van der Waals surface area contributed by atoms with Crippen molar-refractivity contribution in [1.29, 1.82) is 0 Å². The second kappa shape index (κ2) is 5.77. The average molecular weight is 266 g/mol. The third-order valence-electron chi connectivity index (χ3n) is 2.08. The van der Waals surface area contributed by atoms with E-state index in [1.165, 1.54) is 14.2 Å². The molecule has 0 aliphatic carbocycles. The second-order valence-corrected chi connectivity index (χ2v) is 3.45. The predicted molar refractivity (Wildman–Crippen MR) is 56.5 cm³/mol. The molecule has 0 spiro atoms. The van der Waals surface area contributed by atoms with Crippen LogP contribution in [0.15, 0.2) is 6.20 Å². The molecule has 94 valence electrons. The molecule has 1 aromatic rings. The summed E-state index contributed by atoms with van der Waals surface area (Å²) in [5.74, 6) is -0.745. The van der Waals surface area contributed by atoms with Crippen LogP contribution in [0, 0.1) is 0 Å². The lowest BCUT2D eigenvalue weighted by molar-refractivity contribution is -0.139. The van der Waals surface area contributed by atoms with Crippen molar-refractivity contribution in [2.24, 2.45) is 0 Å². The van der Waals surface area contributed by atoms with E-state index in [2.05, 4.69) is 9.72 Å². The van der Waals surface area contributed by atoms with E-state index in [4.69, 9.17) is 16.3 Å². The van der Waals surface area contributed by atoms with Crippen LogP contribution in [0.3, 0.4) is 0 Å². The number of alkyl halides is 2. The lowest BCUT2D eigenvalue weighted by atomic mass is 10.1. The number of hydrogen-bond donors (Lipinski definition) is 0. The van der Waals surface area contributed by atoms with Crippen LogP contribution in [0.4, 0.5) is 8.78 Å². The second-order valence-electron chi connectivity index (χ2n) is 3.07. The molecule has 0 bridgehead atoms. The molecule has 0 atom stereocenters. The zero-order valence-electron chi connectivity index (χ0n) is 9.17. The van der Waals surface area contributed by atoms with Gasteiger partial charge in [0.25, 0.3) is 6.43 Å². The number of ether oxygens (including phenoxy) is 2. The zero-order chi connectivity index (χ0) is 13.0. The van der Waals surface area contributed by atoms with Crippen LogP contribution in [-0.4, -0.2) is 25.2 Å². The SMILES string of the molecule is COC(=O)Cc1cnc(OC)c(Cl)c1C(F)F. The van der Waals surface area contributed by atoms with E-state index in [-0.39, 0.29) is 22.9 Å². The van der Waals surface area contributed by atoms with Gasteiger partial charge < -0.3 is 9.47 Å². The number of hydrogen-bond acceptors (Lipinski definition) is 4. The van der Waals surface area contributed by atoms with Crippen molar-refractivity contribution in [2.75, 3.05) is 14.2 Å². The summed E-state index contributed by atoms with van der Waals surface area (Å²) in [5.41, 5.74) is -0.429. The first-order valence-corrected chi connectivity index (χ1v) is 4.95. The molecule has 1 heterocycles. The molecule has 0 saturated carbocycles. The van der Waals surface area contributed by atoms with Crippen LogP contribution >= 0.6 is 11.6 Å². The van der Waals surface area contributed by atoms with Gasteiger partial charge in [-0.05, 0) is 5.56 Å². The van der Waals surface area contributed by atoms with E-state index >= 15 is 0 Å². The first kappa shape index (κ1) is 13.6. The molecule has 0 fully saturated rings. The van der Waals surface area contributed by atoms with Crippen molar-refractivity contribution in [2.45, 2.75) is 12.8 Å². The zero-order valence-corrected chi connectivity index (χ0v) is 9.92. The van der Waals surface area contributed by atoms with Crippen LogP contribution in [0.25, 0.3) is 0 Å². The number of halogens is 3. The van der Waals surface area contributed by atoms with Crippen LogP contribution in [0.5, 0.6) is 5.88 Å². The van der Waals surface area contributed by atoms with E-state index in [0.29, 0.717) is 0 Å². The smallest absolute Gasteiger partial charge is 0.310 e. The Balaban J connectivity index is 3.21. The Kier molecular flexibility index (Phi) is 4.62. The molecule has 0 radical (unpaired) electrons. The molecule has 0 aromatic carbocycles. The molecule has 0 aliphatic heterocycles. The highest BCUT2D eigenvalue weighted by Crippen LogP contribution is 2.35. The van der Waals surface area contributed by atoms with E-state index in [0.717, 1.165) is 6.20 Å². The van der Waals surface area contributed by atoms with Gasteiger partial charge in [-0.3, -0.25) is 4.79 Å². The van der Waals surface area contributed by atoms with Crippen LogP contribution in [-0.2, 0) is 16.0 Å². The van der Waals surface area contributed by atoms with Gasteiger partial charge in [-0.1, -0.05) is 11.6 Å². The maximum atomic E-state index is 12.8. The fourth-order valence-electron chi connectivity index (χ4n) is 1.27. The van der Waals surface area contributed by atoms with Crippen molar-refractivity contribution in [1.82, 2.24) is 4.98 Å². The Morgan fingerprint density at radius 3 is 2.65 bits per heavy atom. The summed E-state index contributed by atoms with van der Waals surface area (Å²) < 4.78 is 34.8. The summed E-state index contributed by atoms with van der Waals surface area (Å²) in [5, 5.41) is -0.288. The van der Waals surface area contributed by atoms with Gasteiger partial charge in [0.15, 0.2) is 0 Å². The van der Waals surface area contributed by atoms with Crippen LogP contribution in [0.1, 0.15) is 17.6 Å². The van der Waals surface area contributed by atoms with Crippen molar-refractivity contribution in [3.8, 4) is 5.88 Å². The molecule has 1 rings (SSSR count). The van der Waals surface area contributed by atoms with Gasteiger partial charge in [0.05, 0.1) is 20.6 Å². The third-order valence-corrected chi connectivity index (χ3v) is 2.45. The Hall–Kier alpha value is -1.43. The summed E-state index contributed by atoms with van der Waals surface area (Å²) in [7, 11) is 2.44. The first-order valence-electron chi connectivity index (χ1n) is 4.57. The molecule has 0 unspecified atom stereocenters. The minimum Gasteiger partial charge on any atom is -0.480 e. The molecule has 17 heavy (non-hydrogen) atoms. The Morgan fingerprint density at radius 2 is 2.18 bits per heavy atom. The molecule has 4 nitrogen and oxygen atoms in total. The summed E-state index contributed by atoms with van der Waals surface area (Å²) in [6.45, 7) is 0. The molecule has 0 N–H and O–H groups in total. The lowest BCUT2D eigenvalue weighted by Gasteiger charge is -2.11. The van der Waals surface area contributed by atoms with Gasteiger partial charge in [-0.25, -0.2) is 13.8 Å². The average Bonchev–Trinajstić information content (AvgIpc) is 2.28. The number of pyridine rings is 1. The molecular formula is C10H10ClF2NO3. The van der Waals surface area contributed by atoms with Gasteiger partial charge >= 0.3 is 5.97 Å². The Labute approximate surface area is 101 Å². The Bertz CT molecular complexity index is 426. The van der Waals surface area contributed by atoms with Crippen molar-refractivity contribution >= 4 is 17.6 Å². The maximum Gasteiger partial charge on any atom is 0.310 e. The summed E-state index contributed by atoms with van der Waals surface area (Å²) in [6, 6.07) is 0. The van der Waals surface area contributed by atoms with E-state index in [9.17, 15) is 13.6 Å². The highest BCUT2D eigenvalue weighted by molar-refractivity contribution is 6.32. The molecule has 0 saturated heterocycles. The number of rotatable bonds is 4. The van der Waals surface area contributed by atoms with Crippen LogP contribution in [0.2, 0.25) is 5.02 Å². The number of methoxy groups -OCH3 is 2. The van der Waals surface area contributed by atoms with E-state index in [1.807, 2.05) is 0 Å². The summed E-state index contributed by atoms with van der Waals surface area (Å²) in [6.07, 6.45) is -2.00. The number of carbonyl (C=O) groups excluding carboxylic acids is 1. The minimum absolute atomic E-state index is 0.0256. The minimum atomic E-state index is -2.82. The molecule has 1 aromatic heterocycles. The quantitative estimate of drug-likeness (QED) is 0.785. The van der Waals surface area contributed by atoms with Crippen LogP contribution < -0.4 is 4.74 Å². The van der Waals surface area contributed by atoms with Crippen molar-refractivity contribution in [3.63, 3.8) is 0 Å². The molecule has 0 aliphatic rings. The maximum absolute atomic E-state index is 12.8. The van der Waals surface area contributed by atoms with Gasteiger partial charge in [-0.15, -0.1) is 0 Å². The Morgan fingerprint density at radius 1 is 1.53 bits per heavy atom. The number of aromatic nitrogens is 1. The van der Waals surface area contributed by atoms with Gasteiger partial charge in [0, 0.05) is 11.8 Å². The highest BCUT2D eigenvalue weighted by atomic mass is 35.5. The third kappa shape index (κ3) is 3.03. The number of esters is 1. The highest BCUT2D eigenvalue weighted by Gasteiger charge is 2.23. The van der Waals surface area contributed by atoms with Gasteiger partial charge in [-0.2, -0.15) is 0 Å². The topological polar surface area (TPSA) is 48.4 Å². The van der Waals surface area contributed by atoms with Crippen molar-refractivity contribution in [3.05, 3.63) is 22.3 Å². The lowest BCUT2D eigenvalue weighted by Crippen LogP contribution is -2.09. The largest absolute Gasteiger partial charge is 0.480 e. The first-order chi connectivity index (χ1) is 8.01. The monoisotopic (exact) mass is 265 g/mol. The van der Waals surface area contributed by atoms with Gasteiger partial charge in [0.2, 0.25) is 5.88 Å². The normalized spacial score (nSPS) is 10.5. The van der Waals surface area contributed by atoms with Gasteiger partial charge in [0.1, 0.15) is 5.02 Å². The van der Waals surface area contributed by atoms with Crippen molar-refractivity contribution < 1.29 is 23.0 Å². The summed E-state index contributed by atoms with van der Waals surface area (Å²) in [4.78, 5) is 14.8. The fourth-order valence-corrected chi connectivity index (χ4v) is 1.60. The molecule has 0 amide bonds. The van der Waals surface area contributed by atoms with E-state index in [1.54, 1.807) is 0 Å². The predicted octanol–water partition coefficient (Wildman–Crippen LogP) is 2.40. The standard InChI is InChI=1S/C10H10ClF2NO3/c1-16-6(15)3-5-4-14-10(17-2)8(11)7(5)9(12)13/h4,9H,3H2,1-2H3. The molecular weight excluding hydrogens is 256 g/mol. The number of nitrogens with zero attached hydrogens (tertiary/aromatic N) is 1. The number of carbonyl (C=O) groups is 1. The fraction of sp³-hybridized carbons (Fsp3) is 0.400. The molecule has 7 heteroatoms. The summed E-state index contributed by atoms with van der Waals surface area (Å²) >= 11 is 5.72. The van der Waals surface area contributed by atoms with E-state index < -0.39 is 18.0 Å².